The Morgan fingerprint density at radius 2 is 2.04 bits per heavy atom. The lowest BCUT2D eigenvalue weighted by Crippen LogP contribution is -2.36. The highest BCUT2D eigenvalue weighted by Gasteiger charge is 2.15. The van der Waals surface area contributed by atoms with Crippen LogP contribution >= 0.6 is 0 Å². The topological polar surface area (TPSA) is 83.0 Å². The van der Waals surface area contributed by atoms with Crippen molar-refractivity contribution in [1.29, 1.82) is 0 Å². The monoisotopic (exact) mass is 389 g/mol. The number of hydrogen-bond donors (Lipinski definition) is 2. The van der Waals surface area contributed by atoms with Gasteiger partial charge in [0.25, 0.3) is 10.2 Å². The Kier molecular flexibility index (Phi) is 5.69. The van der Waals surface area contributed by atoms with Crippen molar-refractivity contribution in [1.82, 2.24) is 23.8 Å². The molecule has 3 aromatic rings. The SMILES string of the molecule is CC(C)Cn1cc(CCNS(=O)(=O)N(C)C)c2ccc(-c3cn[nH]c3)cc21. The summed E-state index contributed by atoms with van der Waals surface area (Å²) in [4.78, 5) is 0. The molecule has 0 aliphatic rings. The fourth-order valence-corrected chi connectivity index (χ4v) is 3.76. The van der Waals surface area contributed by atoms with Gasteiger partial charge in [-0.25, -0.2) is 4.72 Å². The van der Waals surface area contributed by atoms with Gasteiger partial charge >= 0.3 is 0 Å². The van der Waals surface area contributed by atoms with Gasteiger partial charge in [0.05, 0.1) is 6.20 Å². The van der Waals surface area contributed by atoms with Crippen molar-refractivity contribution in [3.05, 3.63) is 42.4 Å². The van der Waals surface area contributed by atoms with Gasteiger partial charge in [0.15, 0.2) is 0 Å². The normalized spacial score (nSPS) is 12.5. The molecule has 0 unspecified atom stereocenters. The standard InChI is InChI=1S/C19H27N5O2S/c1-14(2)12-24-13-16(7-8-22-27(25,26)23(3)4)18-6-5-15(9-19(18)24)17-10-20-21-11-17/h5-6,9-11,13-14,22H,7-8,12H2,1-4H3,(H,20,21). The minimum Gasteiger partial charge on any atom is -0.347 e. The van der Waals surface area contributed by atoms with Crippen LogP contribution < -0.4 is 4.72 Å². The van der Waals surface area contributed by atoms with Crippen molar-refractivity contribution < 1.29 is 8.42 Å². The van der Waals surface area contributed by atoms with Crippen molar-refractivity contribution in [2.45, 2.75) is 26.8 Å². The maximum Gasteiger partial charge on any atom is 0.278 e. The van der Waals surface area contributed by atoms with Gasteiger partial charge in [-0.05, 0) is 29.5 Å². The largest absolute Gasteiger partial charge is 0.347 e. The molecule has 0 saturated heterocycles. The van der Waals surface area contributed by atoms with E-state index >= 15 is 0 Å². The molecule has 0 bridgehead atoms. The first-order valence-electron chi connectivity index (χ1n) is 9.06. The van der Waals surface area contributed by atoms with Crippen LogP contribution in [0, 0.1) is 5.92 Å². The summed E-state index contributed by atoms with van der Waals surface area (Å²) in [6.07, 6.45) is 6.48. The van der Waals surface area contributed by atoms with E-state index in [1.54, 1.807) is 0 Å². The number of aromatic amines is 1. The fourth-order valence-electron chi connectivity index (χ4n) is 3.14. The molecule has 2 aromatic heterocycles. The lowest BCUT2D eigenvalue weighted by Gasteiger charge is -2.11. The summed E-state index contributed by atoms with van der Waals surface area (Å²) in [6.45, 7) is 5.66. The second kappa shape index (κ2) is 7.84. The Bertz CT molecular complexity index is 1000. The summed E-state index contributed by atoms with van der Waals surface area (Å²) in [6, 6.07) is 6.38. The Hall–Kier alpha value is -2.16. The molecule has 2 N–H and O–H groups in total. The molecule has 2 heterocycles. The molecule has 3 rings (SSSR count). The average Bonchev–Trinajstić information content (AvgIpc) is 3.23. The molecule has 0 amide bonds. The van der Waals surface area contributed by atoms with Crippen LogP contribution in [0.2, 0.25) is 0 Å². The minimum absolute atomic E-state index is 0.366. The third-order valence-electron chi connectivity index (χ3n) is 4.52. The number of nitrogens with one attached hydrogen (secondary N) is 2. The van der Waals surface area contributed by atoms with Gasteiger partial charge in [0, 0.05) is 56.0 Å². The quantitative estimate of drug-likeness (QED) is 0.621. The van der Waals surface area contributed by atoms with Crippen LogP contribution in [-0.2, 0) is 23.2 Å². The van der Waals surface area contributed by atoms with Gasteiger partial charge < -0.3 is 4.57 Å². The summed E-state index contributed by atoms with van der Waals surface area (Å²) < 4.78 is 29.9. The summed E-state index contributed by atoms with van der Waals surface area (Å²) in [5, 5.41) is 8.04. The van der Waals surface area contributed by atoms with Crippen LogP contribution in [0.5, 0.6) is 0 Å². The number of benzene rings is 1. The summed E-state index contributed by atoms with van der Waals surface area (Å²) >= 11 is 0. The molecule has 0 atom stereocenters. The van der Waals surface area contributed by atoms with Crippen LogP contribution in [-0.4, -0.2) is 48.1 Å². The van der Waals surface area contributed by atoms with Gasteiger partial charge in [-0.15, -0.1) is 0 Å². The van der Waals surface area contributed by atoms with E-state index in [9.17, 15) is 8.42 Å². The van der Waals surface area contributed by atoms with E-state index in [1.165, 1.54) is 18.4 Å². The number of aromatic nitrogens is 3. The van der Waals surface area contributed by atoms with Crippen LogP contribution in [0.15, 0.2) is 36.8 Å². The van der Waals surface area contributed by atoms with Crippen molar-refractivity contribution >= 4 is 21.1 Å². The van der Waals surface area contributed by atoms with E-state index in [4.69, 9.17) is 0 Å². The zero-order chi connectivity index (χ0) is 19.6. The lowest BCUT2D eigenvalue weighted by molar-refractivity contribution is 0.506. The van der Waals surface area contributed by atoms with Crippen molar-refractivity contribution in [2.24, 2.45) is 5.92 Å². The van der Waals surface area contributed by atoms with Gasteiger partial charge in [-0.2, -0.15) is 17.8 Å². The second-order valence-electron chi connectivity index (χ2n) is 7.35. The van der Waals surface area contributed by atoms with Crippen LogP contribution in [0.4, 0.5) is 0 Å². The average molecular weight is 390 g/mol. The van der Waals surface area contributed by atoms with Crippen molar-refractivity contribution in [3.8, 4) is 11.1 Å². The van der Waals surface area contributed by atoms with Crippen LogP contribution in [0.25, 0.3) is 22.0 Å². The van der Waals surface area contributed by atoms with Gasteiger partial charge in [0.1, 0.15) is 0 Å². The molecule has 8 heteroatoms. The molecule has 0 aliphatic carbocycles. The van der Waals surface area contributed by atoms with E-state index in [0.29, 0.717) is 18.9 Å². The first kappa shape index (κ1) is 19.6. The zero-order valence-electron chi connectivity index (χ0n) is 16.2. The third-order valence-corrected chi connectivity index (χ3v) is 6.05. The van der Waals surface area contributed by atoms with Crippen molar-refractivity contribution in [2.75, 3.05) is 20.6 Å². The highest BCUT2D eigenvalue weighted by atomic mass is 32.2. The first-order chi connectivity index (χ1) is 12.8. The molecule has 7 nitrogen and oxygen atoms in total. The van der Waals surface area contributed by atoms with E-state index in [1.807, 2.05) is 12.4 Å². The minimum atomic E-state index is -3.40. The van der Waals surface area contributed by atoms with E-state index in [-0.39, 0.29) is 0 Å². The predicted molar refractivity (Wildman–Crippen MR) is 109 cm³/mol. The molecule has 1 aromatic carbocycles. The summed E-state index contributed by atoms with van der Waals surface area (Å²) in [5.74, 6) is 0.512. The Morgan fingerprint density at radius 1 is 1.26 bits per heavy atom. The molecule has 0 spiro atoms. The van der Waals surface area contributed by atoms with E-state index in [0.717, 1.165) is 34.1 Å². The number of nitrogens with zero attached hydrogens (tertiary/aromatic N) is 3. The molecular weight excluding hydrogens is 362 g/mol. The molecule has 146 valence electrons. The Balaban J connectivity index is 1.91. The number of hydrogen-bond acceptors (Lipinski definition) is 3. The third kappa shape index (κ3) is 4.40. The molecule has 27 heavy (non-hydrogen) atoms. The van der Waals surface area contributed by atoms with Crippen LogP contribution in [0.1, 0.15) is 19.4 Å². The summed E-state index contributed by atoms with van der Waals surface area (Å²) in [5.41, 5.74) is 4.47. The van der Waals surface area contributed by atoms with Crippen LogP contribution in [0.3, 0.4) is 0 Å². The van der Waals surface area contributed by atoms with Crippen molar-refractivity contribution in [3.63, 3.8) is 0 Å². The van der Waals surface area contributed by atoms with Gasteiger partial charge in [0.2, 0.25) is 0 Å². The highest BCUT2D eigenvalue weighted by molar-refractivity contribution is 7.87. The fraction of sp³-hybridized carbons (Fsp3) is 0.421. The molecule has 0 fully saturated rings. The van der Waals surface area contributed by atoms with Gasteiger partial charge in [-0.1, -0.05) is 26.0 Å². The van der Waals surface area contributed by atoms with Gasteiger partial charge in [-0.3, -0.25) is 5.10 Å². The lowest BCUT2D eigenvalue weighted by atomic mass is 10.0. The first-order valence-corrected chi connectivity index (χ1v) is 10.5. The Morgan fingerprint density at radius 3 is 2.67 bits per heavy atom. The number of fused-ring (bicyclic) bond motifs is 1. The second-order valence-corrected chi connectivity index (χ2v) is 9.32. The molecule has 0 saturated carbocycles. The molecular formula is C19H27N5O2S. The molecule has 0 radical (unpaired) electrons. The zero-order valence-corrected chi connectivity index (χ0v) is 17.0. The predicted octanol–water partition coefficient (Wildman–Crippen LogP) is 2.63. The Labute approximate surface area is 160 Å². The van der Waals surface area contributed by atoms with E-state index < -0.39 is 10.2 Å². The number of rotatable bonds is 8. The summed E-state index contributed by atoms with van der Waals surface area (Å²) in [7, 11) is -0.360. The molecule has 0 aliphatic heterocycles. The highest BCUT2D eigenvalue weighted by Crippen LogP contribution is 2.28. The number of H-pyrrole nitrogens is 1. The maximum absolute atomic E-state index is 11.9. The smallest absolute Gasteiger partial charge is 0.278 e. The van der Waals surface area contributed by atoms with E-state index in [2.05, 4.69) is 57.7 Å². The maximum atomic E-state index is 11.9.